The topological polar surface area (TPSA) is 138 Å². The molecule has 4 heterocycles. The van der Waals surface area contributed by atoms with E-state index in [1.807, 2.05) is 0 Å². The largest absolute Gasteiger partial charge is 0.476 e. The van der Waals surface area contributed by atoms with E-state index in [0.29, 0.717) is 11.1 Å². The lowest BCUT2D eigenvalue weighted by Crippen LogP contribution is -2.45. The maximum Gasteiger partial charge on any atom is 0.433 e. The molecule has 3 aromatic heterocycles. The van der Waals surface area contributed by atoms with Gasteiger partial charge in [0.25, 0.3) is 0 Å². The molecular formula is C20H19F3N8O3. The Morgan fingerprint density at radius 1 is 1.24 bits per heavy atom. The summed E-state index contributed by atoms with van der Waals surface area (Å²) < 4.78 is 39.5. The number of rotatable bonds is 6. The van der Waals surface area contributed by atoms with Gasteiger partial charge in [-0.15, -0.1) is 0 Å². The summed E-state index contributed by atoms with van der Waals surface area (Å²) in [5.41, 5.74) is -0.0364. The average molecular weight is 476 g/mol. The van der Waals surface area contributed by atoms with E-state index in [2.05, 4.69) is 30.7 Å². The van der Waals surface area contributed by atoms with Crippen molar-refractivity contribution < 1.29 is 27.9 Å². The molecule has 1 atom stereocenters. The highest BCUT2D eigenvalue weighted by Gasteiger charge is 2.33. The predicted molar refractivity (Wildman–Crippen MR) is 113 cm³/mol. The van der Waals surface area contributed by atoms with E-state index in [9.17, 15) is 27.9 Å². The molecule has 34 heavy (non-hydrogen) atoms. The summed E-state index contributed by atoms with van der Waals surface area (Å²) in [5, 5.41) is 19.2. The van der Waals surface area contributed by atoms with Crippen LogP contribution in [0.2, 0.25) is 0 Å². The number of aromatic carboxylic acids is 1. The molecule has 0 fully saturated rings. The molecule has 3 aromatic rings. The van der Waals surface area contributed by atoms with Gasteiger partial charge in [-0.3, -0.25) is 14.5 Å². The van der Waals surface area contributed by atoms with Crippen molar-refractivity contribution in [3.8, 4) is 0 Å². The molecule has 0 radical (unpaired) electrons. The summed E-state index contributed by atoms with van der Waals surface area (Å²) in [6.45, 7) is 2.08. The van der Waals surface area contributed by atoms with E-state index in [1.54, 1.807) is 31.3 Å². The molecule has 0 saturated carbocycles. The zero-order chi connectivity index (χ0) is 24.6. The molecule has 178 valence electrons. The molecule has 3 N–H and O–H groups in total. The molecule has 4 rings (SSSR count). The number of carbonyl (C=O) groups excluding carboxylic acids is 1. The molecule has 1 amide bonds. The van der Waals surface area contributed by atoms with Gasteiger partial charge in [-0.2, -0.15) is 23.3 Å². The number of amides is 1. The maximum atomic E-state index is 12.6. The van der Waals surface area contributed by atoms with Gasteiger partial charge in [-0.1, -0.05) is 6.07 Å². The van der Waals surface area contributed by atoms with Crippen molar-refractivity contribution in [2.45, 2.75) is 32.2 Å². The van der Waals surface area contributed by atoms with Crippen LogP contribution in [0.15, 0.2) is 30.7 Å². The Balaban J connectivity index is 1.47. The number of carbonyl (C=O) groups is 2. The summed E-state index contributed by atoms with van der Waals surface area (Å²) in [6, 6.07) is 1.70. The number of anilines is 3. The Morgan fingerprint density at radius 2 is 2.00 bits per heavy atom. The number of nitrogens with one attached hydrogen (secondary N) is 2. The fourth-order valence-corrected chi connectivity index (χ4v) is 3.28. The van der Waals surface area contributed by atoms with Gasteiger partial charge >= 0.3 is 12.1 Å². The molecule has 11 nitrogen and oxygen atoms in total. The number of pyridine rings is 1. The van der Waals surface area contributed by atoms with E-state index < -0.39 is 23.9 Å². The molecule has 0 bridgehead atoms. The Kier molecular flexibility index (Phi) is 5.81. The number of carboxylic acid groups (broad SMARTS) is 1. The lowest BCUT2D eigenvalue weighted by atomic mass is 10.1. The fraction of sp³-hybridized carbons (Fsp3) is 0.300. The zero-order valence-corrected chi connectivity index (χ0v) is 18.0. The minimum atomic E-state index is -4.50. The van der Waals surface area contributed by atoms with Crippen LogP contribution in [-0.4, -0.2) is 54.8 Å². The second-order valence-corrected chi connectivity index (χ2v) is 7.62. The van der Waals surface area contributed by atoms with Crippen LogP contribution in [0.5, 0.6) is 0 Å². The molecule has 0 aromatic carbocycles. The summed E-state index contributed by atoms with van der Waals surface area (Å²) in [5.74, 6) is -1.36. The van der Waals surface area contributed by atoms with Gasteiger partial charge in [0.1, 0.15) is 17.4 Å². The Hall–Kier alpha value is -4.23. The highest BCUT2D eigenvalue weighted by Crippen LogP contribution is 2.32. The third-order valence-corrected chi connectivity index (χ3v) is 5.23. The third kappa shape index (κ3) is 4.60. The summed E-state index contributed by atoms with van der Waals surface area (Å²) >= 11 is 0. The second kappa shape index (κ2) is 8.61. The summed E-state index contributed by atoms with van der Waals surface area (Å²) in [4.78, 5) is 37.1. The molecule has 0 aliphatic carbocycles. The number of hydrogen-bond donors (Lipinski definition) is 3. The third-order valence-electron chi connectivity index (χ3n) is 5.23. The standard InChI is InChI=1S/C20H19F3N8O3/c1-10-17(32)27-14-15(18(33)34)28-19(29-16(14)30(10)2)25-6-12-7-26-31(9-12)8-11-3-4-13(24-5-11)20(21,22)23/h3-5,7,9-10H,6,8H2,1-2H3,(H,27,32)(H,33,34)(H,25,28,29). The second-order valence-electron chi connectivity index (χ2n) is 7.62. The van der Waals surface area contributed by atoms with Crippen molar-refractivity contribution in [2.75, 3.05) is 22.6 Å². The summed E-state index contributed by atoms with van der Waals surface area (Å²) in [7, 11) is 1.63. The molecule has 1 unspecified atom stereocenters. The van der Waals surface area contributed by atoms with Crippen LogP contribution in [0, 0.1) is 0 Å². The van der Waals surface area contributed by atoms with E-state index in [4.69, 9.17) is 0 Å². The molecule has 1 aliphatic rings. The van der Waals surface area contributed by atoms with Gasteiger partial charge in [0, 0.05) is 31.5 Å². The van der Waals surface area contributed by atoms with Gasteiger partial charge in [0.05, 0.1) is 12.7 Å². The van der Waals surface area contributed by atoms with Gasteiger partial charge < -0.3 is 20.6 Å². The van der Waals surface area contributed by atoms with E-state index in [-0.39, 0.29) is 42.1 Å². The van der Waals surface area contributed by atoms with E-state index in [1.165, 1.54) is 10.7 Å². The number of hydrogen-bond acceptors (Lipinski definition) is 8. The predicted octanol–water partition coefficient (Wildman–Crippen LogP) is 2.22. The van der Waals surface area contributed by atoms with Gasteiger partial charge in [0.15, 0.2) is 11.5 Å². The Labute approximate surface area is 190 Å². The van der Waals surface area contributed by atoms with Crippen LogP contribution in [0.25, 0.3) is 0 Å². The maximum absolute atomic E-state index is 12.6. The van der Waals surface area contributed by atoms with Crippen molar-refractivity contribution in [1.29, 1.82) is 0 Å². The van der Waals surface area contributed by atoms with Crippen LogP contribution in [0.3, 0.4) is 0 Å². The fourth-order valence-electron chi connectivity index (χ4n) is 3.28. The number of fused-ring (bicyclic) bond motifs is 1. The molecule has 1 aliphatic heterocycles. The highest BCUT2D eigenvalue weighted by molar-refractivity contribution is 6.08. The summed E-state index contributed by atoms with van der Waals surface area (Å²) in [6.07, 6.45) is -0.126. The normalized spacial score (nSPS) is 15.6. The lowest BCUT2D eigenvalue weighted by Gasteiger charge is -2.32. The van der Waals surface area contributed by atoms with Crippen LogP contribution in [-0.2, 0) is 24.1 Å². The number of halogens is 3. The van der Waals surface area contributed by atoms with Gasteiger partial charge in [0.2, 0.25) is 11.9 Å². The minimum Gasteiger partial charge on any atom is -0.476 e. The number of alkyl halides is 3. The van der Waals surface area contributed by atoms with Crippen LogP contribution < -0.4 is 15.5 Å². The van der Waals surface area contributed by atoms with E-state index in [0.717, 1.165) is 12.3 Å². The number of nitrogens with zero attached hydrogens (tertiary/aromatic N) is 6. The zero-order valence-electron chi connectivity index (χ0n) is 18.0. The van der Waals surface area contributed by atoms with Crippen molar-refractivity contribution in [3.63, 3.8) is 0 Å². The highest BCUT2D eigenvalue weighted by atomic mass is 19.4. The number of aromatic nitrogens is 5. The van der Waals surface area contributed by atoms with Crippen molar-refractivity contribution in [1.82, 2.24) is 24.7 Å². The monoisotopic (exact) mass is 476 g/mol. The first kappa shape index (κ1) is 22.9. The van der Waals surface area contributed by atoms with Crippen LogP contribution in [0.1, 0.15) is 34.2 Å². The molecule has 0 saturated heterocycles. The number of carboxylic acids is 1. The van der Waals surface area contributed by atoms with Gasteiger partial charge in [-0.05, 0) is 18.6 Å². The first-order valence-corrected chi connectivity index (χ1v) is 9.99. The minimum absolute atomic E-state index is 0.0293. The first-order valence-electron chi connectivity index (χ1n) is 9.99. The van der Waals surface area contributed by atoms with Crippen molar-refractivity contribution in [2.24, 2.45) is 0 Å². The SMILES string of the molecule is CC1C(=O)Nc2c(C(=O)O)nc(NCc3cnn(Cc4ccc(C(F)(F)F)nc4)c3)nc2N1C. The quantitative estimate of drug-likeness (QED) is 0.489. The van der Waals surface area contributed by atoms with Gasteiger partial charge in [-0.25, -0.2) is 9.78 Å². The van der Waals surface area contributed by atoms with Crippen molar-refractivity contribution >= 4 is 29.3 Å². The van der Waals surface area contributed by atoms with E-state index >= 15 is 0 Å². The van der Waals surface area contributed by atoms with Crippen LogP contribution in [0.4, 0.5) is 30.6 Å². The Bertz CT molecular complexity index is 1240. The smallest absolute Gasteiger partial charge is 0.433 e. The first-order chi connectivity index (χ1) is 16.0. The average Bonchev–Trinajstić information content (AvgIpc) is 3.23. The Morgan fingerprint density at radius 3 is 2.65 bits per heavy atom. The molecular weight excluding hydrogens is 457 g/mol. The van der Waals surface area contributed by atoms with Crippen LogP contribution >= 0.6 is 0 Å². The number of likely N-dealkylation sites (N-methyl/N-ethyl adjacent to an activating group) is 1. The molecule has 14 heteroatoms. The lowest BCUT2D eigenvalue weighted by molar-refractivity contribution is -0.141. The van der Waals surface area contributed by atoms with Crippen molar-refractivity contribution in [3.05, 3.63) is 53.2 Å². The molecule has 0 spiro atoms.